The van der Waals surface area contributed by atoms with Gasteiger partial charge in [0.25, 0.3) is 11.8 Å². The van der Waals surface area contributed by atoms with E-state index in [2.05, 4.69) is 13.0 Å². The Balaban J connectivity index is 1.81. The Morgan fingerprint density at radius 2 is 1.72 bits per heavy atom. The van der Waals surface area contributed by atoms with Crippen molar-refractivity contribution >= 4 is 34.7 Å². The molecule has 0 radical (unpaired) electrons. The van der Waals surface area contributed by atoms with E-state index in [1.165, 1.54) is 10.5 Å². The molecule has 0 aromatic heterocycles. The van der Waals surface area contributed by atoms with Gasteiger partial charge in [-0.25, -0.2) is 0 Å². The average Bonchev–Trinajstić information content (AvgIpc) is 2.98. The Kier molecular flexibility index (Phi) is 5.72. The van der Waals surface area contributed by atoms with Gasteiger partial charge in [-0.05, 0) is 48.6 Å². The van der Waals surface area contributed by atoms with Crippen LogP contribution in [0.2, 0.25) is 5.02 Å². The Hall–Kier alpha value is -2.59. The molecule has 0 saturated heterocycles. The van der Waals surface area contributed by atoms with Gasteiger partial charge in [0.2, 0.25) is 0 Å². The van der Waals surface area contributed by atoms with E-state index in [-0.39, 0.29) is 11.8 Å². The Morgan fingerprint density at radius 3 is 2.48 bits per heavy atom. The summed E-state index contributed by atoms with van der Waals surface area (Å²) < 4.78 is 0. The van der Waals surface area contributed by atoms with Gasteiger partial charge in [-0.3, -0.25) is 14.5 Å². The van der Waals surface area contributed by atoms with Crippen molar-refractivity contribution in [1.29, 1.82) is 0 Å². The summed E-state index contributed by atoms with van der Waals surface area (Å²) >= 11 is 6.06. The first-order chi connectivity index (χ1) is 14.1. The minimum atomic E-state index is -0.202. The second-order valence-corrected chi connectivity index (χ2v) is 8.02. The van der Waals surface area contributed by atoms with E-state index < -0.39 is 0 Å². The molecule has 2 aliphatic rings. The Bertz CT molecular complexity index is 965. The number of amides is 2. The van der Waals surface area contributed by atoms with Crippen LogP contribution in [-0.2, 0) is 16.0 Å². The first kappa shape index (κ1) is 19.7. The number of nitrogens with zero attached hydrogens (tertiary/aromatic N) is 2. The number of imide groups is 1. The highest BCUT2D eigenvalue weighted by Crippen LogP contribution is 2.38. The van der Waals surface area contributed by atoms with Crippen molar-refractivity contribution in [3.63, 3.8) is 0 Å². The fourth-order valence-corrected chi connectivity index (χ4v) is 4.31. The molecule has 0 bridgehead atoms. The minimum absolute atomic E-state index is 0.187. The van der Waals surface area contributed by atoms with E-state index in [1.807, 2.05) is 35.2 Å². The van der Waals surface area contributed by atoms with Crippen LogP contribution in [0.25, 0.3) is 5.57 Å². The molecular formula is C24H25ClN2O2. The van der Waals surface area contributed by atoms with Crippen LogP contribution in [0, 0.1) is 0 Å². The van der Waals surface area contributed by atoms with E-state index in [4.69, 9.17) is 11.6 Å². The summed E-state index contributed by atoms with van der Waals surface area (Å²) in [5, 5.41) is 0.607. The number of fused-ring (bicyclic) bond motifs is 1. The lowest BCUT2D eigenvalue weighted by atomic mass is 9.98. The summed E-state index contributed by atoms with van der Waals surface area (Å²) in [5.74, 6) is -0.390. The highest BCUT2D eigenvalue weighted by molar-refractivity contribution is 6.37. The van der Waals surface area contributed by atoms with Crippen molar-refractivity contribution in [3.8, 4) is 0 Å². The number of halogens is 1. The molecule has 150 valence electrons. The quantitative estimate of drug-likeness (QED) is 0.495. The van der Waals surface area contributed by atoms with Crippen LogP contribution >= 0.6 is 11.6 Å². The van der Waals surface area contributed by atoms with Crippen molar-refractivity contribution < 1.29 is 9.59 Å². The highest BCUT2D eigenvalue weighted by atomic mass is 35.5. The summed E-state index contributed by atoms with van der Waals surface area (Å²) in [7, 11) is 0. The van der Waals surface area contributed by atoms with Gasteiger partial charge in [-0.2, -0.15) is 0 Å². The van der Waals surface area contributed by atoms with E-state index in [9.17, 15) is 9.59 Å². The SMILES string of the molecule is CCCCCN1C(=O)C(c2ccc(Cl)cc2)=C(N2CCCc3ccccc32)C1=O. The summed E-state index contributed by atoms with van der Waals surface area (Å²) in [6, 6.07) is 15.3. The zero-order chi connectivity index (χ0) is 20.4. The van der Waals surface area contributed by atoms with Crippen molar-refractivity contribution in [2.45, 2.75) is 39.0 Å². The van der Waals surface area contributed by atoms with Gasteiger partial charge >= 0.3 is 0 Å². The summed E-state index contributed by atoms with van der Waals surface area (Å²) in [4.78, 5) is 30.3. The lowest BCUT2D eigenvalue weighted by Crippen LogP contribution is -2.37. The molecule has 0 aliphatic carbocycles. The molecule has 0 unspecified atom stereocenters. The standard InChI is InChI=1S/C24H25ClN2O2/c1-2-3-6-15-27-23(28)21(18-11-13-19(25)14-12-18)22(24(27)29)26-16-7-9-17-8-4-5-10-20(17)26/h4-5,8,10-14H,2-3,6-7,9,15-16H2,1H3. The summed E-state index contributed by atoms with van der Waals surface area (Å²) in [6.45, 7) is 3.30. The topological polar surface area (TPSA) is 40.6 Å². The van der Waals surface area contributed by atoms with Crippen molar-refractivity contribution in [1.82, 2.24) is 4.90 Å². The molecule has 2 aromatic rings. The molecule has 5 heteroatoms. The van der Waals surface area contributed by atoms with Gasteiger partial charge < -0.3 is 4.90 Å². The van der Waals surface area contributed by atoms with Crippen LogP contribution in [0.1, 0.15) is 43.7 Å². The largest absolute Gasteiger partial charge is 0.336 e. The molecular weight excluding hydrogens is 384 g/mol. The van der Waals surface area contributed by atoms with Crippen LogP contribution in [0.5, 0.6) is 0 Å². The second-order valence-electron chi connectivity index (χ2n) is 7.58. The zero-order valence-corrected chi connectivity index (χ0v) is 17.4. The Labute approximate surface area is 176 Å². The maximum atomic E-state index is 13.4. The predicted octanol–water partition coefficient (Wildman–Crippen LogP) is 5.06. The molecule has 2 aliphatic heterocycles. The van der Waals surface area contributed by atoms with Gasteiger partial charge in [0.15, 0.2) is 0 Å². The van der Waals surface area contributed by atoms with Crippen molar-refractivity contribution in [2.75, 3.05) is 18.0 Å². The average molecular weight is 409 g/mol. The fraction of sp³-hybridized carbons (Fsp3) is 0.333. The third-order valence-corrected chi connectivity index (χ3v) is 5.89. The maximum Gasteiger partial charge on any atom is 0.278 e. The first-order valence-electron chi connectivity index (χ1n) is 10.3. The van der Waals surface area contributed by atoms with E-state index >= 15 is 0 Å². The second kappa shape index (κ2) is 8.42. The molecule has 0 fully saturated rings. The van der Waals surface area contributed by atoms with Crippen molar-refractivity contribution in [2.24, 2.45) is 0 Å². The molecule has 0 atom stereocenters. The van der Waals surface area contributed by atoms with Crippen LogP contribution in [0.4, 0.5) is 5.69 Å². The molecule has 2 aromatic carbocycles. The lowest BCUT2D eigenvalue weighted by molar-refractivity contribution is -0.137. The smallest absolute Gasteiger partial charge is 0.278 e. The van der Waals surface area contributed by atoms with Crippen LogP contribution in [-0.4, -0.2) is 29.8 Å². The normalized spacial score (nSPS) is 16.6. The van der Waals surface area contributed by atoms with Gasteiger partial charge in [-0.15, -0.1) is 0 Å². The fourth-order valence-electron chi connectivity index (χ4n) is 4.18. The minimum Gasteiger partial charge on any atom is -0.336 e. The predicted molar refractivity (Wildman–Crippen MR) is 117 cm³/mol. The number of para-hydroxylation sites is 1. The number of unbranched alkanes of at least 4 members (excludes halogenated alkanes) is 2. The number of carbonyl (C=O) groups is 2. The van der Waals surface area contributed by atoms with Crippen LogP contribution in [0.3, 0.4) is 0 Å². The molecule has 29 heavy (non-hydrogen) atoms. The van der Waals surface area contributed by atoms with Crippen molar-refractivity contribution in [3.05, 3.63) is 70.4 Å². The maximum absolute atomic E-state index is 13.4. The number of anilines is 1. The Morgan fingerprint density at radius 1 is 0.966 bits per heavy atom. The number of benzene rings is 2. The van der Waals surface area contributed by atoms with E-state index in [0.717, 1.165) is 49.9 Å². The van der Waals surface area contributed by atoms with Gasteiger partial charge in [0.05, 0.1) is 5.57 Å². The lowest BCUT2D eigenvalue weighted by Gasteiger charge is -2.32. The number of aryl methyl sites for hydroxylation is 1. The number of carbonyl (C=O) groups excluding carboxylic acids is 2. The third kappa shape index (κ3) is 3.69. The zero-order valence-electron chi connectivity index (χ0n) is 16.7. The molecule has 2 amide bonds. The molecule has 4 nitrogen and oxygen atoms in total. The van der Waals surface area contributed by atoms with E-state index in [1.54, 1.807) is 12.1 Å². The van der Waals surface area contributed by atoms with E-state index in [0.29, 0.717) is 22.8 Å². The molecule has 0 saturated carbocycles. The van der Waals surface area contributed by atoms with Gasteiger partial charge in [0.1, 0.15) is 5.70 Å². The van der Waals surface area contributed by atoms with Gasteiger partial charge in [-0.1, -0.05) is 61.7 Å². The van der Waals surface area contributed by atoms with Crippen LogP contribution < -0.4 is 4.90 Å². The molecule has 0 N–H and O–H groups in total. The van der Waals surface area contributed by atoms with Crippen LogP contribution in [0.15, 0.2) is 54.2 Å². The molecule has 4 rings (SSSR count). The molecule has 0 spiro atoms. The third-order valence-electron chi connectivity index (χ3n) is 5.64. The molecule has 2 heterocycles. The number of hydrogen-bond donors (Lipinski definition) is 0. The summed E-state index contributed by atoms with van der Waals surface area (Å²) in [6.07, 6.45) is 4.80. The summed E-state index contributed by atoms with van der Waals surface area (Å²) in [5.41, 5.74) is 3.97. The number of hydrogen-bond acceptors (Lipinski definition) is 3. The first-order valence-corrected chi connectivity index (χ1v) is 10.7. The monoisotopic (exact) mass is 408 g/mol. The van der Waals surface area contributed by atoms with Gasteiger partial charge in [0, 0.05) is 23.8 Å². The number of rotatable bonds is 6. The highest BCUT2D eigenvalue weighted by Gasteiger charge is 2.42.